The third-order valence-corrected chi connectivity index (χ3v) is 3.14. The van der Waals surface area contributed by atoms with Crippen LogP contribution in [-0.4, -0.2) is 18.9 Å². The van der Waals surface area contributed by atoms with E-state index in [-0.39, 0.29) is 11.3 Å². The summed E-state index contributed by atoms with van der Waals surface area (Å²) in [5, 5.41) is 2.89. The van der Waals surface area contributed by atoms with Crippen LogP contribution in [-0.2, 0) is 10.2 Å². The highest BCUT2D eigenvalue weighted by Crippen LogP contribution is 2.31. The summed E-state index contributed by atoms with van der Waals surface area (Å²) < 4.78 is 5.28. The number of ether oxygens (including phenoxy) is 1. The lowest BCUT2D eigenvalue weighted by molar-refractivity contribution is -0.116. The third-order valence-electron chi connectivity index (χ3n) is 2.88. The zero-order valence-electron chi connectivity index (χ0n) is 12.0. The van der Waals surface area contributed by atoms with Gasteiger partial charge in [-0.2, -0.15) is 0 Å². The average molecular weight is 284 g/mol. The number of amides is 1. The second kappa shape index (κ2) is 6.80. The Balaban J connectivity index is 2.93. The zero-order chi connectivity index (χ0) is 14.5. The van der Waals surface area contributed by atoms with Crippen LogP contribution in [0.25, 0.3) is 0 Å². The maximum atomic E-state index is 11.8. The Bertz CT molecular complexity index is 438. The van der Waals surface area contributed by atoms with Crippen LogP contribution in [0.1, 0.15) is 39.2 Å². The molecular weight excluding hydrogens is 262 g/mol. The van der Waals surface area contributed by atoms with Crippen molar-refractivity contribution in [2.24, 2.45) is 0 Å². The van der Waals surface area contributed by atoms with Gasteiger partial charge in [0.05, 0.1) is 12.8 Å². The van der Waals surface area contributed by atoms with E-state index in [0.29, 0.717) is 24.5 Å². The summed E-state index contributed by atoms with van der Waals surface area (Å²) in [4.78, 5) is 11.8. The summed E-state index contributed by atoms with van der Waals surface area (Å²) in [6.07, 6.45) is 1.10. The predicted octanol–water partition coefficient (Wildman–Crippen LogP) is 3.95. The van der Waals surface area contributed by atoms with Crippen molar-refractivity contribution in [3.05, 3.63) is 23.8 Å². The lowest BCUT2D eigenvalue weighted by Crippen LogP contribution is -2.15. The number of anilines is 1. The van der Waals surface area contributed by atoms with E-state index in [2.05, 4.69) is 26.1 Å². The molecule has 0 atom stereocenters. The minimum Gasteiger partial charge on any atom is -0.495 e. The van der Waals surface area contributed by atoms with Crippen LogP contribution in [0.3, 0.4) is 0 Å². The topological polar surface area (TPSA) is 38.3 Å². The number of carbonyl (C=O) groups excluding carboxylic acids is 1. The quantitative estimate of drug-likeness (QED) is 0.831. The van der Waals surface area contributed by atoms with Crippen molar-refractivity contribution in [1.82, 2.24) is 0 Å². The van der Waals surface area contributed by atoms with Crippen LogP contribution in [0.2, 0.25) is 0 Å². The molecule has 19 heavy (non-hydrogen) atoms. The van der Waals surface area contributed by atoms with Gasteiger partial charge in [0.1, 0.15) is 5.75 Å². The van der Waals surface area contributed by atoms with E-state index in [1.165, 1.54) is 0 Å². The maximum absolute atomic E-state index is 11.8. The molecule has 0 saturated carbocycles. The molecule has 4 heteroatoms. The van der Waals surface area contributed by atoms with Crippen LogP contribution in [0, 0.1) is 0 Å². The molecule has 0 aliphatic carbocycles. The number of alkyl halides is 1. The van der Waals surface area contributed by atoms with Gasteiger partial charge in [-0.15, -0.1) is 11.6 Å². The second-order valence-electron chi connectivity index (χ2n) is 5.51. The molecule has 1 aromatic carbocycles. The van der Waals surface area contributed by atoms with Crippen molar-refractivity contribution in [2.75, 3.05) is 18.3 Å². The minimum absolute atomic E-state index is 0.0297. The van der Waals surface area contributed by atoms with Crippen molar-refractivity contribution in [2.45, 2.75) is 39.0 Å². The predicted molar refractivity (Wildman–Crippen MR) is 80.3 cm³/mol. The number of carbonyl (C=O) groups is 1. The molecule has 0 spiro atoms. The van der Waals surface area contributed by atoms with E-state index in [4.69, 9.17) is 16.3 Å². The summed E-state index contributed by atoms with van der Waals surface area (Å²) in [6, 6.07) is 5.88. The lowest BCUT2D eigenvalue weighted by Gasteiger charge is -2.21. The molecule has 0 heterocycles. The molecule has 3 nitrogen and oxygen atoms in total. The Morgan fingerprint density at radius 2 is 2.05 bits per heavy atom. The normalized spacial score (nSPS) is 11.2. The summed E-state index contributed by atoms with van der Waals surface area (Å²) in [7, 11) is 1.60. The van der Waals surface area contributed by atoms with Gasteiger partial charge in [0, 0.05) is 12.3 Å². The Morgan fingerprint density at radius 3 is 2.58 bits per heavy atom. The van der Waals surface area contributed by atoms with Crippen LogP contribution in [0.4, 0.5) is 5.69 Å². The third kappa shape index (κ3) is 4.75. The number of hydrogen-bond donors (Lipinski definition) is 1. The monoisotopic (exact) mass is 283 g/mol. The Kier molecular flexibility index (Phi) is 5.67. The molecule has 0 aliphatic rings. The molecule has 0 fully saturated rings. The van der Waals surface area contributed by atoms with Gasteiger partial charge in [0.2, 0.25) is 5.91 Å². The van der Waals surface area contributed by atoms with Crippen molar-refractivity contribution in [1.29, 1.82) is 0 Å². The molecule has 1 rings (SSSR count). The Labute approximate surface area is 120 Å². The van der Waals surface area contributed by atoms with Gasteiger partial charge in [-0.05, 0) is 29.5 Å². The standard InChI is InChI=1S/C15H22ClNO2/c1-15(2,3)11-7-8-13(19-4)12(10-11)17-14(18)6-5-9-16/h7-8,10H,5-6,9H2,1-4H3,(H,17,18). The fraction of sp³-hybridized carbons (Fsp3) is 0.533. The lowest BCUT2D eigenvalue weighted by atomic mass is 9.87. The van der Waals surface area contributed by atoms with Gasteiger partial charge in [-0.1, -0.05) is 26.8 Å². The first kappa shape index (κ1) is 15.8. The molecular formula is C15H22ClNO2. The highest BCUT2D eigenvalue weighted by atomic mass is 35.5. The molecule has 106 valence electrons. The van der Waals surface area contributed by atoms with Crippen LogP contribution >= 0.6 is 11.6 Å². The second-order valence-corrected chi connectivity index (χ2v) is 5.88. The first-order valence-electron chi connectivity index (χ1n) is 6.43. The zero-order valence-corrected chi connectivity index (χ0v) is 12.8. The smallest absolute Gasteiger partial charge is 0.224 e. The first-order valence-corrected chi connectivity index (χ1v) is 6.96. The van der Waals surface area contributed by atoms with Crippen molar-refractivity contribution in [3.8, 4) is 5.75 Å². The van der Waals surface area contributed by atoms with E-state index < -0.39 is 0 Å². The number of hydrogen-bond acceptors (Lipinski definition) is 2. The minimum atomic E-state index is -0.0370. The number of nitrogens with one attached hydrogen (secondary N) is 1. The Morgan fingerprint density at radius 1 is 1.37 bits per heavy atom. The average Bonchev–Trinajstić information content (AvgIpc) is 2.35. The molecule has 1 aromatic rings. The molecule has 0 aliphatic heterocycles. The molecule has 0 aromatic heterocycles. The molecule has 0 bridgehead atoms. The number of benzene rings is 1. The largest absolute Gasteiger partial charge is 0.495 e. The Hall–Kier alpha value is -1.22. The van der Waals surface area contributed by atoms with E-state index in [1.54, 1.807) is 7.11 Å². The van der Waals surface area contributed by atoms with Gasteiger partial charge < -0.3 is 10.1 Å². The summed E-state index contributed by atoms with van der Waals surface area (Å²) in [6.45, 7) is 6.40. The van der Waals surface area contributed by atoms with Gasteiger partial charge in [-0.25, -0.2) is 0 Å². The van der Waals surface area contributed by atoms with Crippen LogP contribution in [0.5, 0.6) is 5.75 Å². The number of rotatable bonds is 5. The highest BCUT2D eigenvalue weighted by Gasteiger charge is 2.16. The molecule has 0 saturated heterocycles. The molecule has 1 amide bonds. The van der Waals surface area contributed by atoms with Gasteiger partial charge in [0.25, 0.3) is 0 Å². The van der Waals surface area contributed by atoms with Crippen molar-refractivity contribution in [3.63, 3.8) is 0 Å². The van der Waals surface area contributed by atoms with Crippen LogP contribution < -0.4 is 10.1 Å². The van der Waals surface area contributed by atoms with Gasteiger partial charge in [-0.3, -0.25) is 4.79 Å². The summed E-state index contributed by atoms with van der Waals surface area (Å²) in [5.74, 6) is 1.13. The fourth-order valence-electron chi connectivity index (χ4n) is 1.71. The number of methoxy groups -OCH3 is 1. The first-order chi connectivity index (χ1) is 8.88. The highest BCUT2D eigenvalue weighted by molar-refractivity contribution is 6.18. The summed E-state index contributed by atoms with van der Waals surface area (Å²) in [5.41, 5.74) is 1.90. The summed E-state index contributed by atoms with van der Waals surface area (Å²) >= 11 is 5.59. The maximum Gasteiger partial charge on any atom is 0.224 e. The van der Waals surface area contributed by atoms with E-state index in [1.807, 2.05) is 18.2 Å². The van der Waals surface area contributed by atoms with Crippen molar-refractivity contribution >= 4 is 23.2 Å². The van der Waals surface area contributed by atoms with Crippen molar-refractivity contribution < 1.29 is 9.53 Å². The molecule has 0 unspecified atom stereocenters. The molecule has 0 radical (unpaired) electrons. The van der Waals surface area contributed by atoms with Crippen LogP contribution in [0.15, 0.2) is 18.2 Å². The van der Waals surface area contributed by atoms with E-state index in [9.17, 15) is 4.79 Å². The fourth-order valence-corrected chi connectivity index (χ4v) is 1.85. The molecule has 1 N–H and O–H groups in total. The van der Waals surface area contributed by atoms with E-state index in [0.717, 1.165) is 11.3 Å². The van der Waals surface area contributed by atoms with Gasteiger partial charge in [0.15, 0.2) is 0 Å². The van der Waals surface area contributed by atoms with Gasteiger partial charge >= 0.3 is 0 Å². The SMILES string of the molecule is COc1ccc(C(C)(C)C)cc1NC(=O)CCCCl. The number of halogens is 1. The van der Waals surface area contributed by atoms with E-state index >= 15 is 0 Å².